The minimum atomic E-state index is -0.253. The van der Waals surface area contributed by atoms with Crippen molar-refractivity contribution in [1.29, 1.82) is 0 Å². The van der Waals surface area contributed by atoms with Gasteiger partial charge in [0.25, 0.3) is 0 Å². The van der Waals surface area contributed by atoms with Crippen molar-refractivity contribution in [2.24, 2.45) is 0 Å². The van der Waals surface area contributed by atoms with E-state index in [0.29, 0.717) is 18.5 Å². The Labute approximate surface area is 122 Å². The second-order valence-corrected chi connectivity index (χ2v) is 7.33. The topological polar surface area (TPSA) is 35.5 Å². The van der Waals surface area contributed by atoms with Crippen LogP contribution in [0.5, 0.6) is 0 Å². The minimum Gasteiger partial charge on any atom is -0.338 e. The summed E-state index contributed by atoms with van der Waals surface area (Å²) in [4.78, 5) is 1.91. The molecule has 19 heavy (non-hydrogen) atoms. The predicted molar refractivity (Wildman–Crippen MR) is 79.8 cm³/mol. The summed E-state index contributed by atoms with van der Waals surface area (Å²) in [6.07, 6.45) is 0.304. The Hall–Kier alpha value is -0.690. The number of nitrogens with zero attached hydrogens (tertiary/aromatic N) is 1. The summed E-state index contributed by atoms with van der Waals surface area (Å²) in [5.74, 6) is -0.201. The maximum absolute atomic E-state index is 13.6. The van der Waals surface area contributed by atoms with Crippen molar-refractivity contribution < 1.29 is 9.60 Å². The summed E-state index contributed by atoms with van der Waals surface area (Å²) in [7, 11) is 0. The second-order valence-electron chi connectivity index (χ2n) is 5.04. The van der Waals surface area contributed by atoms with E-state index < -0.39 is 0 Å². The highest BCUT2D eigenvalue weighted by Gasteiger charge is 2.44. The van der Waals surface area contributed by atoms with Crippen LogP contribution in [0.15, 0.2) is 24.3 Å². The molecule has 6 heteroatoms. The van der Waals surface area contributed by atoms with Crippen LogP contribution in [-0.2, 0) is 6.42 Å². The lowest BCUT2D eigenvalue weighted by atomic mass is 10.1. The molecule has 104 valence electrons. The van der Waals surface area contributed by atoms with Crippen LogP contribution in [0.2, 0.25) is 0 Å². The van der Waals surface area contributed by atoms with Gasteiger partial charge in [-0.3, -0.25) is 0 Å². The molecule has 1 fully saturated rings. The average Bonchev–Trinajstić information content (AvgIpc) is 2.57. The number of nitrogens with one attached hydrogen (secondary N) is 1. The molecule has 0 aliphatic carbocycles. The van der Waals surface area contributed by atoms with E-state index in [2.05, 4.69) is 5.48 Å². The highest BCUT2D eigenvalue weighted by atomic mass is 32.2. The molecule has 0 aromatic heterocycles. The SMILES string of the molecule is CC1(C)SC(=S)N(CCc2ccccc2F)[C@@H]1NO. The maximum atomic E-state index is 13.6. The van der Waals surface area contributed by atoms with Gasteiger partial charge >= 0.3 is 0 Å². The number of rotatable bonds is 4. The summed E-state index contributed by atoms with van der Waals surface area (Å²) in [5, 5.41) is 9.30. The van der Waals surface area contributed by atoms with Gasteiger partial charge in [-0.25, -0.2) is 4.39 Å². The first-order chi connectivity index (χ1) is 8.95. The van der Waals surface area contributed by atoms with Crippen molar-refractivity contribution in [3.8, 4) is 0 Å². The van der Waals surface area contributed by atoms with E-state index in [0.717, 1.165) is 4.32 Å². The maximum Gasteiger partial charge on any atom is 0.138 e. The third-order valence-corrected chi connectivity index (χ3v) is 4.90. The number of hydrogen-bond acceptors (Lipinski definition) is 4. The molecule has 0 radical (unpaired) electrons. The van der Waals surface area contributed by atoms with E-state index in [9.17, 15) is 9.60 Å². The van der Waals surface area contributed by atoms with Gasteiger partial charge in [0.1, 0.15) is 16.3 Å². The molecular weight excluding hydrogens is 283 g/mol. The van der Waals surface area contributed by atoms with Gasteiger partial charge < -0.3 is 10.1 Å². The molecule has 0 unspecified atom stereocenters. The molecule has 1 aliphatic heterocycles. The van der Waals surface area contributed by atoms with Crippen LogP contribution in [0.1, 0.15) is 19.4 Å². The highest BCUT2D eigenvalue weighted by Crippen LogP contribution is 2.39. The van der Waals surface area contributed by atoms with Gasteiger partial charge in [-0.05, 0) is 31.9 Å². The zero-order valence-corrected chi connectivity index (χ0v) is 12.5. The van der Waals surface area contributed by atoms with Gasteiger partial charge in [-0.1, -0.05) is 42.2 Å². The van der Waals surface area contributed by atoms with Crippen LogP contribution < -0.4 is 5.48 Å². The zero-order chi connectivity index (χ0) is 14.0. The molecule has 0 bridgehead atoms. The molecule has 1 aromatic rings. The molecule has 0 saturated carbocycles. The Morgan fingerprint density at radius 1 is 1.47 bits per heavy atom. The number of hydrogen-bond donors (Lipinski definition) is 2. The molecule has 0 amide bonds. The molecule has 1 aromatic carbocycles. The largest absolute Gasteiger partial charge is 0.338 e. The van der Waals surface area contributed by atoms with Crippen molar-refractivity contribution in [3.05, 3.63) is 35.6 Å². The summed E-state index contributed by atoms with van der Waals surface area (Å²) in [6, 6.07) is 6.73. The van der Waals surface area contributed by atoms with Gasteiger partial charge in [-0.15, -0.1) is 0 Å². The quantitative estimate of drug-likeness (QED) is 0.660. The Balaban J connectivity index is 2.07. The standard InChI is InChI=1S/C13H17FN2OS2/c1-13(2)11(15-17)16(12(18)19-13)8-7-9-5-3-4-6-10(9)14/h3-6,11,15,17H,7-8H2,1-2H3/t11-/m0/s1. The van der Waals surface area contributed by atoms with Crippen LogP contribution in [0, 0.1) is 5.82 Å². The first-order valence-corrected chi connectivity index (χ1v) is 7.31. The Kier molecular flexibility index (Phi) is 4.45. The van der Waals surface area contributed by atoms with Crippen molar-refractivity contribution in [3.63, 3.8) is 0 Å². The number of thiocarbonyl (C=S) groups is 1. The normalized spacial score (nSPS) is 22.0. The number of benzene rings is 1. The van der Waals surface area contributed by atoms with Gasteiger partial charge in [-0.2, -0.15) is 5.48 Å². The minimum absolute atomic E-state index is 0.201. The lowest BCUT2D eigenvalue weighted by Gasteiger charge is -2.30. The van der Waals surface area contributed by atoms with Crippen LogP contribution >= 0.6 is 24.0 Å². The molecule has 0 spiro atoms. The molecule has 2 N–H and O–H groups in total. The first kappa shape index (κ1) is 14.7. The monoisotopic (exact) mass is 300 g/mol. The molecule has 1 saturated heterocycles. The highest BCUT2D eigenvalue weighted by molar-refractivity contribution is 8.24. The third-order valence-electron chi connectivity index (χ3n) is 3.26. The smallest absolute Gasteiger partial charge is 0.138 e. The van der Waals surface area contributed by atoms with Crippen LogP contribution in [0.4, 0.5) is 4.39 Å². The number of thioether (sulfide) groups is 1. The fourth-order valence-electron chi connectivity index (χ4n) is 2.21. The Bertz CT molecular complexity index is 481. The molecule has 1 atom stereocenters. The molecular formula is C13H17FN2OS2. The van der Waals surface area contributed by atoms with Crippen molar-refractivity contribution in [1.82, 2.24) is 10.4 Å². The number of halogens is 1. The average molecular weight is 300 g/mol. The molecule has 2 rings (SSSR count). The van der Waals surface area contributed by atoms with E-state index in [-0.39, 0.29) is 16.7 Å². The Morgan fingerprint density at radius 2 is 2.16 bits per heavy atom. The fourth-order valence-corrected chi connectivity index (χ4v) is 4.10. The number of hydroxylamine groups is 1. The van der Waals surface area contributed by atoms with Gasteiger partial charge in [0.15, 0.2) is 0 Å². The van der Waals surface area contributed by atoms with Crippen LogP contribution in [0.25, 0.3) is 0 Å². The summed E-state index contributed by atoms with van der Waals surface area (Å²) >= 11 is 6.87. The third kappa shape index (κ3) is 3.08. The van der Waals surface area contributed by atoms with Gasteiger partial charge in [0.2, 0.25) is 0 Å². The van der Waals surface area contributed by atoms with Gasteiger partial charge in [0, 0.05) is 6.54 Å². The first-order valence-electron chi connectivity index (χ1n) is 6.08. The summed E-state index contributed by atoms with van der Waals surface area (Å²) in [5.41, 5.74) is 2.97. The van der Waals surface area contributed by atoms with Crippen molar-refractivity contribution in [2.75, 3.05) is 6.54 Å². The fraction of sp³-hybridized carbons (Fsp3) is 0.462. The van der Waals surface area contributed by atoms with E-state index in [4.69, 9.17) is 12.2 Å². The van der Waals surface area contributed by atoms with Crippen LogP contribution in [0.3, 0.4) is 0 Å². The molecule has 1 aliphatic rings. The van der Waals surface area contributed by atoms with E-state index in [1.807, 2.05) is 24.8 Å². The summed E-state index contributed by atoms with van der Waals surface area (Å²) < 4.78 is 14.1. The lowest BCUT2D eigenvalue weighted by Crippen LogP contribution is -2.50. The lowest BCUT2D eigenvalue weighted by molar-refractivity contribution is 0.0573. The van der Waals surface area contributed by atoms with Crippen molar-refractivity contribution >= 4 is 28.3 Å². The predicted octanol–water partition coefficient (Wildman–Crippen LogP) is 2.79. The van der Waals surface area contributed by atoms with E-state index in [1.54, 1.807) is 23.9 Å². The van der Waals surface area contributed by atoms with Gasteiger partial charge in [0.05, 0.1) is 4.75 Å². The zero-order valence-electron chi connectivity index (χ0n) is 10.9. The molecule has 1 heterocycles. The summed E-state index contributed by atoms with van der Waals surface area (Å²) in [6.45, 7) is 4.61. The van der Waals surface area contributed by atoms with E-state index in [1.165, 1.54) is 6.07 Å². The van der Waals surface area contributed by atoms with E-state index >= 15 is 0 Å². The Morgan fingerprint density at radius 3 is 2.79 bits per heavy atom. The molecule has 3 nitrogen and oxygen atoms in total. The van der Waals surface area contributed by atoms with Crippen molar-refractivity contribution in [2.45, 2.75) is 31.2 Å². The van der Waals surface area contributed by atoms with Crippen LogP contribution in [-0.4, -0.2) is 31.9 Å². The second kappa shape index (κ2) is 5.75.